The lowest BCUT2D eigenvalue weighted by Crippen LogP contribution is -2.45. The van der Waals surface area contributed by atoms with Crippen molar-refractivity contribution in [3.05, 3.63) is 47.7 Å². The summed E-state index contributed by atoms with van der Waals surface area (Å²) in [6, 6.07) is 10.0. The number of rotatable bonds is 5. The van der Waals surface area contributed by atoms with E-state index in [2.05, 4.69) is 10.6 Å². The van der Waals surface area contributed by atoms with Gasteiger partial charge in [0, 0.05) is 19.5 Å². The van der Waals surface area contributed by atoms with E-state index in [1.54, 1.807) is 0 Å². The second-order valence-electron chi connectivity index (χ2n) is 7.38. The summed E-state index contributed by atoms with van der Waals surface area (Å²) in [5, 5.41) is 5.40. The highest BCUT2D eigenvalue weighted by molar-refractivity contribution is 5.94. The minimum absolute atomic E-state index is 0.0473. The maximum absolute atomic E-state index is 12.7. The van der Waals surface area contributed by atoms with Gasteiger partial charge in [-0.05, 0) is 25.3 Å². The zero-order valence-electron chi connectivity index (χ0n) is 15.4. The molecular weight excluding hydrogens is 348 g/mol. The minimum atomic E-state index is -0.756. The molecule has 0 bridgehead atoms. The largest absolute Gasteiger partial charge is 0.461 e. The summed E-state index contributed by atoms with van der Waals surface area (Å²) >= 11 is 0. The molecule has 0 aromatic heterocycles. The molecule has 0 unspecified atom stereocenters. The van der Waals surface area contributed by atoms with Crippen LogP contribution in [-0.4, -0.2) is 43.6 Å². The third-order valence-corrected chi connectivity index (χ3v) is 5.80. The lowest BCUT2D eigenvalue weighted by atomic mass is 9.82. The van der Waals surface area contributed by atoms with Crippen LogP contribution in [0.2, 0.25) is 0 Å². The molecule has 1 saturated carbocycles. The standard InChI is InChI=1S/C20H24N2O5/c1-20-15(27-20)10-13-14(11-25-18(16(13)20)26-19(24)21-2)17(23)22-9-8-12-6-4-3-5-7-12/h3-7,11,13,15-16,18H,8-10H2,1-2H3,(H,21,24)(H,22,23)/t13-,15+,16-,18+,20+/m1/s1. The van der Waals surface area contributed by atoms with Crippen LogP contribution in [-0.2, 0) is 25.4 Å². The van der Waals surface area contributed by atoms with E-state index in [0.29, 0.717) is 12.1 Å². The van der Waals surface area contributed by atoms with Crippen LogP contribution < -0.4 is 10.6 Å². The average molecular weight is 372 g/mol. The summed E-state index contributed by atoms with van der Waals surface area (Å²) in [6.07, 6.45) is 1.70. The minimum Gasteiger partial charge on any atom is -0.461 e. The average Bonchev–Trinajstić information content (AvgIpc) is 3.23. The van der Waals surface area contributed by atoms with Gasteiger partial charge in [-0.2, -0.15) is 0 Å². The summed E-state index contributed by atoms with van der Waals surface area (Å²) < 4.78 is 16.8. The fourth-order valence-corrected chi connectivity index (χ4v) is 4.27. The maximum atomic E-state index is 12.7. The van der Waals surface area contributed by atoms with Crippen molar-refractivity contribution in [2.24, 2.45) is 11.8 Å². The number of alkyl carbamates (subject to hydrolysis) is 1. The van der Waals surface area contributed by atoms with Gasteiger partial charge in [0.05, 0.1) is 23.9 Å². The third-order valence-electron chi connectivity index (χ3n) is 5.80. The smallest absolute Gasteiger partial charge is 0.409 e. The highest BCUT2D eigenvalue weighted by atomic mass is 16.7. The number of hydrogen-bond acceptors (Lipinski definition) is 5. The maximum Gasteiger partial charge on any atom is 0.409 e. The molecule has 4 rings (SSSR count). The van der Waals surface area contributed by atoms with Gasteiger partial charge in [-0.1, -0.05) is 30.3 Å². The number of carbonyl (C=O) groups is 2. The molecule has 5 atom stereocenters. The van der Waals surface area contributed by atoms with Crippen LogP contribution >= 0.6 is 0 Å². The van der Waals surface area contributed by atoms with Crippen molar-refractivity contribution in [3.8, 4) is 0 Å². The van der Waals surface area contributed by atoms with Gasteiger partial charge in [-0.15, -0.1) is 0 Å². The fourth-order valence-electron chi connectivity index (χ4n) is 4.27. The highest BCUT2D eigenvalue weighted by Crippen LogP contribution is 2.60. The molecule has 1 aromatic carbocycles. The Kier molecular flexibility index (Phi) is 4.55. The molecule has 2 fully saturated rings. The first-order valence-corrected chi connectivity index (χ1v) is 9.26. The molecule has 1 saturated heterocycles. The highest BCUT2D eigenvalue weighted by Gasteiger charge is 2.70. The van der Waals surface area contributed by atoms with Gasteiger partial charge in [0.2, 0.25) is 0 Å². The van der Waals surface area contributed by atoms with Crippen LogP contribution in [0.4, 0.5) is 4.79 Å². The molecule has 1 aliphatic carbocycles. The Labute approximate surface area is 158 Å². The molecule has 1 aromatic rings. The van der Waals surface area contributed by atoms with Crippen molar-refractivity contribution in [2.75, 3.05) is 13.6 Å². The lowest BCUT2D eigenvalue weighted by molar-refractivity contribution is -0.142. The van der Waals surface area contributed by atoms with Crippen LogP contribution in [0.25, 0.3) is 0 Å². The number of carbonyl (C=O) groups excluding carboxylic acids is 2. The van der Waals surface area contributed by atoms with Gasteiger partial charge in [0.25, 0.3) is 12.2 Å². The van der Waals surface area contributed by atoms with Crippen LogP contribution in [0.15, 0.2) is 42.2 Å². The van der Waals surface area contributed by atoms with E-state index in [-0.39, 0.29) is 23.8 Å². The van der Waals surface area contributed by atoms with Gasteiger partial charge in [0.1, 0.15) is 5.60 Å². The van der Waals surface area contributed by atoms with Crippen molar-refractivity contribution in [2.45, 2.75) is 37.8 Å². The first kappa shape index (κ1) is 17.9. The second kappa shape index (κ2) is 6.88. The Morgan fingerprint density at radius 2 is 2.07 bits per heavy atom. The normalized spacial score (nSPS) is 33.0. The predicted molar refractivity (Wildman–Crippen MR) is 96.5 cm³/mol. The summed E-state index contributed by atoms with van der Waals surface area (Å²) in [4.78, 5) is 24.4. The fraction of sp³-hybridized carbons (Fsp3) is 0.500. The van der Waals surface area contributed by atoms with Crippen LogP contribution in [0.5, 0.6) is 0 Å². The second-order valence-corrected chi connectivity index (χ2v) is 7.38. The predicted octanol–water partition coefficient (Wildman–Crippen LogP) is 1.74. The zero-order chi connectivity index (χ0) is 19.0. The quantitative estimate of drug-likeness (QED) is 0.769. The summed E-state index contributed by atoms with van der Waals surface area (Å²) in [5.74, 6) is -0.377. The van der Waals surface area contributed by atoms with E-state index in [0.717, 1.165) is 12.8 Å². The molecule has 7 heteroatoms. The van der Waals surface area contributed by atoms with Crippen molar-refractivity contribution in [1.29, 1.82) is 0 Å². The van der Waals surface area contributed by atoms with Crippen molar-refractivity contribution in [3.63, 3.8) is 0 Å². The van der Waals surface area contributed by atoms with Gasteiger partial charge in [-0.25, -0.2) is 4.79 Å². The van der Waals surface area contributed by atoms with E-state index in [1.807, 2.05) is 37.3 Å². The summed E-state index contributed by atoms with van der Waals surface area (Å²) in [5.41, 5.74) is 1.36. The molecule has 3 aliphatic rings. The van der Waals surface area contributed by atoms with Crippen LogP contribution in [0.1, 0.15) is 18.9 Å². The molecule has 144 valence electrons. The van der Waals surface area contributed by atoms with Crippen LogP contribution in [0, 0.1) is 11.8 Å². The number of hydrogen-bond donors (Lipinski definition) is 2. The number of epoxide rings is 1. The van der Waals surface area contributed by atoms with Crippen molar-refractivity contribution < 1.29 is 23.8 Å². The van der Waals surface area contributed by atoms with Crippen molar-refractivity contribution >= 4 is 12.0 Å². The Balaban J connectivity index is 1.42. The van der Waals surface area contributed by atoms with Gasteiger partial charge in [-0.3, -0.25) is 4.79 Å². The monoisotopic (exact) mass is 372 g/mol. The Morgan fingerprint density at radius 3 is 2.81 bits per heavy atom. The van der Waals surface area contributed by atoms with E-state index in [1.165, 1.54) is 18.9 Å². The first-order chi connectivity index (χ1) is 13.0. The molecule has 2 amide bonds. The first-order valence-electron chi connectivity index (χ1n) is 9.26. The molecule has 2 heterocycles. The Hall–Kier alpha value is -2.54. The molecule has 0 spiro atoms. The van der Waals surface area contributed by atoms with E-state index in [9.17, 15) is 9.59 Å². The molecule has 0 radical (unpaired) electrons. The number of amides is 2. The van der Waals surface area contributed by atoms with Gasteiger partial charge >= 0.3 is 6.09 Å². The molecule has 2 aliphatic heterocycles. The summed E-state index contributed by atoms with van der Waals surface area (Å²) in [7, 11) is 1.50. The van der Waals surface area contributed by atoms with E-state index < -0.39 is 18.0 Å². The number of fused-ring (bicyclic) bond motifs is 3. The lowest BCUT2D eigenvalue weighted by Gasteiger charge is -2.36. The van der Waals surface area contributed by atoms with E-state index >= 15 is 0 Å². The number of benzene rings is 1. The Morgan fingerprint density at radius 1 is 1.30 bits per heavy atom. The van der Waals surface area contributed by atoms with Crippen LogP contribution in [0.3, 0.4) is 0 Å². The SMILES string of the molecule is CNC(=O)O[C@@H]1OC=C(C(=O)NCCc2ccccc2)[C@H]2C[C@@H]3O[C@]3(C)[C@@H]12. The molecule has 2 N–H and O–H groups in total. The number of ether oxygens (including phenoxy) is 3. The van der Waals surface area contributed by atoms with Gasteiger partial charge < -0.3 is 24.8 Å². The van der Waals surface area contributed by atoms with Gasteiger partial charge in [0.15, 0.2) is 0 Å². The van der Waals surface area contributed by atoms with E-state index in [4.69, 9.17) is 14.2 Å². The Bertz CT molecular complexity index is 765. The molecular formula is C20H24N2O5. The van der Waals surface area contributed by atoms with Crippen molar-refractivity contribution in [1.82, 2.24) is 10.6 Å². The molecule has 7 nitrogen and oxygen atoms in total. The summed E-state index contributed by atoms with van der Waals surface area (Å²) in [6.45, 7) is 2.54. The molecule has 27 heavy (non-hydrogen) atoms. The third kappa shape index (κ3) is 3.27. The number of nitrogens with one attached hydrogen (secondary N) is 2. The topological polar surface area (TPSA) is 89.2 Å². The zero-order valence-corrected chi connectivity index (χ0v) is 15.4.